The molecule has 18 heavy (non-hydrogen) atoms. The smallest absolute Gasteiger partial charge is 0.0205 e. The molecule has 0 aliphatic carbocycles. The van der Waals surface area contributed by atoms with Gasteiger partial charge in [0.15, 0.2) is 0 Å². The van der Waals surface area contributed by atoms with E-state index in [1.165, 1.54) is 16.3 Å². The fourth-order valence-electron chi connectivity index (χ4n) is 2.16. The monoisotopic (exact) mass is 242 g/mol. The summed E-state index contributed by atoms with van der Waals surface area (Å²) >= 11 is 0. The van der Waals surface area contributed by atoms with Crippen molar-refractivity contribution in [3.63, 3.8) is 0 Å². The second-order valence-electron chi connectivity index (χ2n) is 4.82. The predicted molar refractivity (Wildman–Crippen MR) is 78.5 cm³/mol. The van der Waals surface area contributed by atoms with Crippen molar-refractivity contribution in [3.8, 4) is 0 Å². The van der Waals surface area contributed by atoms with Gasteiger partial charge in [-0.3, -0.25) is 0 Å². The largest absolute Gasteiger partial charge is 0.330 e. The number of rotatable bonds is 6. The van der Waals surface area contributed by atoms with E-state index >= 15 is 0 Å². The first kappa shape index (κ1) is 13.1. The van der Waals surface area contributed by atoms with Gasteiger partial charge in [0.25, 0.3) is 0 Å². The molecule has 2 heteroatoms. The molecule has 1 atom stereocenters. The van der Waals surface area contributed by atoms with Gasteiger partial charge in [-0.05, 0) is 41.4 Å². The van der Waals surface area contributed by atoms with Gasteiger partial charge >= 0.3 is 0 Å². The number of fused-ring (bicyclic) bond motifs is 1. The van der Waals surface area contributed by atoms with Crippen LogP contribution >= 0.6 is 0 Å². The first-order chi connectivity index (χ1) is 8.83. The average Bonchev–Trinajstić information content (AvgIpc) is 2.43. The van der Waals surface area contributed by atoms with Crippen LogP contribution in [0.1, 0.15) is 18.9 Å². The van der Waals surface area contributed by atoms with Crippen LogP contribution in [0.3, 0.4) is 0 Å². The zero-order valence-electron chi connectivity index (χ0n) is 11.0. The topological polar surface area (TPSA) is 38.0 Å². The summed E-state index contributed by atoms with van der Waals surface area (Å²) in [6.45, 7) is 4.87. The third-order valence-corrected chi connectivity index (χ3v) is 3.49. The molecule has 0 aromatic heterocycles. The van der Waals surface area contributed by atoms with Crippen LogP contribution in [0.25, 0.3) is 10.8 Å². The normalized spacial score (nSPS) is 12.8. The molecule has 1 unspecified atom stereocenters. The molecular formula is C16H22N2. The van der Waals surface area contributed by atoms with Gasteiger partial charge in [-0.2, -0.15) is 0 Å². The highest BCUT2D eigenvalue weighted by Crippen LogP contribution is 2.15. The Morgan fingerprint density at radius 1 is 1.11 bits per heavy atom. The lowest BCUT2D eigenvalue weighted by atomic mass is 10.1. The molecule has 2 aromatic rings. The lowest BCUT2D eigenvalue weighted by Gasteiger charge is -2.13. The highest BCUT2D eigenvalue weighted by atomic mass is 14.9. The van der Waals surface area contributed by atoms with Crippen molar-refractivity contribution in [2.24, 2.45) is 11.7 Å². The van der Waals surface area contributed by atoms with Crippen LogP contribution in [-0.4, -0.2) is 13.1 Å². The summed E-state index contributed by atoms with van der Waals surface area (Å²) in [7, 11) is 0. The molecule has 2 nitrogen and oxygen atoms in total. The lowest BCUT2D eigenvalue weighted by molar-refractivity contribution is 0.471. The lowest BCUT2D eigenvalue weighted by Crippen LogP contribution is -2.27. The Kier molecular flexibility index (Phi) is 4.73. The number of nitrogens with two attached hydrogens (primary N) is 1. The molecule has 0 spiro atoms. The maximum absolute atomic E-state index is 5.70. The van der Waals surface area contributed by atoms with Crippen molar-refractivity contribution in [1.82, 2.24) is 5.32 Å². The third kappa shape index (κ3) is 3.31. The van der Waals surface area contributed by atoms with E-state index in [1.54, 1.807) is 0 Å². The Morgan fingerprint density at radius 3 is 2.61 bits per heavy atom. The van der Waals surface area contributed by atoms with Crippen LogP contribution in [0.2, 0.25) is 0 Å². The van der Waals surface area contributed by atoms with Crippen LogP contribution in [0, 0.1) is 5.92 Å². The summed E-state index contributed by atoms with van der Waals surface area (Å²) in [5.41, 5.74) is 7.03. The zero-order chi connectivity index (χ0) is 12.8. The zero-order valence-corrected chi connectivity index (χ0v) is 11.0. The van der Waals surface area contributed by atoms with Crippen molar-refractivity contribution in [1.29, 1.82) is 0 Å². The molecule has 0 aliphatic rings. The van der Waals surface area contributed by atoms with Crippen molar-refractivity contribution >= 4 is 10.8 Å². The second kappa shape index (κ2) is 6.53. The van der Waals surface area contributed by atoms with Gasteiger partial charge in [0.05, 0.1) is 0 Å². The molecular weight excluding hydrogens is 220 g/mol. The van der Waals surface area contributed by atoms with Crippen molar-refractivity contribution in [2.45, 2.75) is 19.9 Å². The van der Waals surface area contributed by atoms with Gasteiger partial charge in [-0.25, -0.2) is 0 Å². The van der Waals surface area contributed by atoms with E-state index in [4.69, 9.17) is 5.73 Å². The quantitative estimate of drug-likeness (QED) is 0.817. The predicted octanol–water partition coefficient (Wildman–Crippen LogP) is 2.91. The SMILES string of the molecule is CCC(CN)CNCc1ccc2ccccc2c1. The maximum atomic E-state index is 5.70. The van der Waals surface area contributed by atoms with E-state index in [1.807, 2.05) is 0 Å². The average molecular weight is 242 g/mol. The Labute approximate surface area is 109 Å². The first-order valence-corrected chi connectivity index (χ1v) is 6.72. The minimum absolute atomic E-state index is 0.588. The molecule has 0 saturated carbocycles. The Morgan fingerprint density at radius 2 is 1.89 bits per heavy atom. The minimum Gasteiger partial charge on any atom is -0.330 e. The van der Waals surface area contributed by atoms with Crippen molar-refractivity contribution in [3.05, 3.63) is 48.0 Å². The van der Waals surface area contributed by atoms with Crippen LogP contribution in [0.4, 0.5) is 0 Å². The van der Waals surface area contributed by atoms with Crippen LogP contribution in [0.5, 0.6) is 0 Å². The Hall–Kier alpha value is -1.38. The standard InChI is InChI=1S/C16H22N2/c1-2-13(10-17)11-18-12-14-7-8-15-5-3-4-6-16(15)9-14/h3-9,13,18H,2,10-12,17H2,1H3. The van der Waals surface area contributed by atoms with Crippen molar-refractivity contribution in [2.75, 3.05) is 13.1 Å². The van der Waals surface area contributed by atoms with Gasteiger partial charge in [-0.15, -0.1) is 0 Å². The molecule has 0 heterocycles. The van der Waals surface area contributed by atoms with E-state index < -0.39 is 0 Å². The highest BCUT2D eigenvalue weighted by molar-refractivity contribution is 5.82. The summed E-state index contributed by atoms with van der Waals surface area (Å²) < 4.78 is 0. The molecule has 0 saturated heterocycles. The van der Waals surface area contributed by atoms with E-state index in [2.05, 4.69) is 54.7 Å². The molecule has 0 radical (unpaired) electrons. The number of nitrogens with one attached hydrogen (secondary N) is 1. The fourth-order valence-corrected chi connectivity index (χ4v) is 2.16. The Balaban J connectivity index is 1.95. The number of hydrogen-bond acceptors (Lipinski definition) is 2. The molecule has 2 aromatic carbocycles. The summed E-state index contributed by atoms with van der Waals surface area (Å²) in [5, 5.41) is 6.10. The van der Waals surface area contributed by atoms with E-state index in [9.17, 15) is 0 Å². The number of hydrogen-bond donors (Lipinski definition) is 2. The summed E-state index contributed by atoms with van der Waals surface area (Å²) in [6, 6.07) is 15.1. The summed E-state index contributed by atoms with van der Waals surface area (Å²) in [4.78, 5) is 0. The Bertz CT molecular complexity index is 489. The van der Waals surface area contributed by atoms with Gasteiger partial charge in [0.2, 0.25) is 0 Å². The van der Waals surface area contributed by atoms with E-state index in [0.29, 0.717) is 5.92 Å². The van der Waals surface area contributed by atoms with Gasteiger partial charge in [-0.1, -0.05) is 49.7 Å². The van der Waals surface area contributed by atoms with Gasteiger partial charge in [0, 0.05) is 6.54 Å². The highest BCUT2D eigenvalue weighted by Gasteiger charge is 2.02. The molecule has 3 N–H and O–H groups in total. The van der Waals surface area contributed by atoms with Crippen molar-refractivity contribution < 1.29 is 0 Å². The van der Waals surface area contributed by atoms with Crippen LogP contribution in [0.15, 0.2) is 42.5 Å². The number of benzene rings is 2. The van der Waals surface area contributed by atoms with Crippen LogP contribution in [-0.2, 0) is 6.54 Å². The van der Waals surface area contributed by atoms with Gasteiger partial charge < -0.3 is 11.1 Å². The molecule has 2 rings (SSSR count). The third-order valence-electron chi connectivity index (χ3n) is 3.49. The fraction of sp³-hybridized carbons (Fsp3) is 0.375. The first-order valence-electron chi connectivity index (χ1n) is 6.72. The minimum atomic E-state index is 0.588. The molecule has 0 fully saturated rings. The van der Waals surface area contributed by atoms with Crippen LogP contribution < -0.4 is 11.1 Å². The molecule has 96 valence electrons. The second-order valence-corrected chi connectivity index (χ2v) is 4.82. The summed E-state index contributed by atoms with van der Waals surface area (Å²) in [6.07, 6.45) is 1.14. The summed E-state index contributed by atoms with van der Waals surface area (Å²) in [5.74, 6) is 0.588. The van der Waals surface area contributed by atoms with Gasteiger partial charge in [0.1, 0.15) is 0 Å². The molecule has 0 amide bonds. The van der Waals surface area contributed by atoms with E-state index in [-0.39, 0.29) is 0 Å². The van der Waals surface area contributed by atoms with E-state index in [0.717, 1.165) is 26.1 Å². The molecule has 0 bridgehead atoms. The maximum Gasteiger partial charge on any atom is 0.0205 e. The molecule has 0 aliphatic heterocycles.